The normalized spacial score (nSPS) is 23.5. The fourth-order valence-electron chi connectivity index (χ4n) is 6.24. The van der Waals surface area contributed by atoms with Crippen molar-refractivity contribution in [3.05, 3.63) is 82.5 Å². The average molecular weight is 395 g/mol. The largest absolute Gasteiger partial charge is 0.357 e. The van der Waals surface area contributed by atoms with E-state index in [-0.39, 0.29) is 0 Å². The Labute approximate surface area is 178 Å². The number of hydrogen-bond donors (Lipinski definition) is 2. The Bertz CT molecular complexity index is 1240. The quantitative estimate of drug-likeness (QED) is 0.382. The van der Waals surface area contributed by atoms with Crippen molar-refractivity contribution in [3.63, 3.8) is 0 Å². The third-order valence-corrected chi connectivity index (χ3v) is 7.52. The highest BCUT2D eigenvalue weighted by Gasteiger charge is 2.38. The Morgan fingerprint density at radius 3 is 2.67 bits per heavy atom. The zero-order valence-electron chi connectivity index (χ0n) is 18.0. The number of aromatic amines is 1. The van der Waals surface area contributed by atoms with Crippen LogP contribution in [-0.2, 0) is 6.42 Å². The second-order valence-corrected chi connectivity index (χ2v) is 9.52. The first kappa shape index (κ1) is 18.2. The second kappa shape index (κ2) is 6.99. The summed E-state index contributed by atoms with van der Waals surface area (Å²) in [7, 11) is 0. The molecule has 1 saturated carbocycles. The first-order valence-corrected chi connectivity index (χ1v) is 11.5. The van der Waals surface area contributed by atoms with E-state index in [1.54, 1.807) is 5.56 Å². The van der Waals surface area contributed by atoms with Crippen molar-refractivity contribution in [3.8, 4) is 0 Å². The van der Waals surface area contributed by atoms with E-state index in [2.05, 4.69) is 78.7 Å². The van der Waals surface area contributed by atoms with Crippen LogP contribution in [0.3, 0.4) is 0 Å². The predicted molar refractivity (Wildman–Crippen MR) is 126 cm³/mol. The molecule has 2 N–H and O–H groups in total. The number of hydrogen-bond acceptors (Lipinski definition) is 1. The van der Waals surface area contributed by atoms with Gasteiger partial charge in [-0.2, -0.15) is 0 Å². The number of benzene rings is 3. The van der Waals surface area contributed by atoms with Crippen LogP contribution in [0.25, 0.3) is 21.7 Å². The molecule has 3 unspecified atom stereocenters. The van der Waals surface area contributed by atoms with E-state index in [0.29, 0.717) is 18.0 Å². The third-order valence-electron chi connectivity index (χ3n) is 7.52. The smallest absolute Gasteiger partial charge is 0.0519 e. The highest BCUT2D eigenvalue weighted by molar-refractivity contribution is 5.89. The lowest BCUT2D eigenvalue weighted by Crippen LogP contribution is -2.44. The monoisotopic (exact) mass is 394 g/mol. The standard InChI is InChI=1S/C28H30N2/c1-17-14-18(2)27-23(15-17)26-22-12-5-6-13-24(22)29-25(28(26)30-27)16-20-10-7-9-19-8-3-4-11-21(19)20/h3-4,7-11,14-15,22,24-25,29-30H,5-6,12-13,16H2,1-2H3. The molecule has 1 aliphatic heterocycles. The lowest BCUT2D eigenvalue weighted by molar-refractivity contribution is 0.275. The van der Waals surface area contributed by atoms with Gasteiger partial charge in [0.15, 0.2) is 0 Å². The molecule has 1 fully saturated rings. The molecule has 4 aromatic rings. The summed E-state index contributed by atoms with van der Waals surface area (Å²) in [6.07, 6.45) is 6.35. The van der Waals surface area contributed by atoms with Gasteiger partial charge >= 0.3 is 0 Å². The van der Waals surface area contributed by atoms with Gasteiger partial charge in [0, 0.05) is 28.6 Å². The van der Waals surface area contributed by atoms with Crippen molar-refractivity contribution in [2.45, 2.75) is 64.0 Å². The lowest BCUT2D eigenvalue weighted by Gasteiger charge is -2.41. The SMILES string of the molecule is Cc1cc(C)c2[nH]c3c(c2c1)C1CCCCC1NC3Cc1cccc2ccccc12. The van der Waals surface area contributed by atoms with Crippen molar-refractivity contribution >= 4 is 21.7 Å². The van der Waals surface area contributed by atoms with E-state index in [4.69, 9.17) is 0 Å². The predicted octanol–water partition coefficient (Wildman–Crippen LogP) is 6.85. The molecule has 0 saturated heterocycles. The van der Waals surface area contributed by atoms with Crippen LogP contribution in [0.4, 0.5) is 0 Å². The zero-order chi connectivity index (χ0) is 20.2. The minimum atomic E-state index is 0.345. The third kappa shape index (κ3) is 2.81. The molecule has 6 rings (SSSR count). The number of nitrogens with one attached hydrogen (secondary N) is 2. The molecule has 152 valence electrons. The molecule has 2 nitrogen and oxygen atoms in total. The van der Waals surface area contributed by atoms with Gasteiger partial charge in [0.2, 0.25) is 0 Å². The minimum absolute atomic E-state index is 0.345. The zero-order valence-corrected chi connectivity index (χ0v) is 18.0. The van der Waals surface area contributed by atoms with Gasteiger partial charge in [-0.05, 0) is 66.6 Å². The summed E-state index contributed by atoms with van der Waals surface area (Å²) in [4.78, 5) is 3.90. The van der Waals surface area contributed by atoms with Gasteiger partial charge < -0.3 is 10.3 Å². The molecular formula is C28H30N2. The van der Waals surface area contributed by atoms with E-state index < -0.39 is 0 Å². The molecule has 2 aliphatic rings. The molecule has 1 aliphatic carbocycles. The summed E-state index contributed by atoms with van der Waals surface area (Å²) in [6, 6.07) is 21.2. The first-order valence-electron chi connectivity index (χ1n) is 11.5. The number of fused-ring (bicyclic) bond motifs is 6. The Morgan fingerprint density at radius 2 is 1.73 bits per heavy atom. The molecule has 0 amide bonds. The highest BCUT2D eigenvalue weighted by atomic mass is 15.0. The van der Waals surface area contributed by atoms with Gasteiger partial charge in [0.05, 0.1) is 6.04 Å². The van der Waals surface area contributed by atoms with Crippen molar-refractivity contribution in [2.75, 3.05) is 0 Å². The van der Waals surface area contributed by atoms with Crippen LogP contribution in [0, 0.1) is 13.8 Å². The number of aromatic nitrogens is 1. The van der Waals surface area contributed by atoms with Gasteiger partial charge in [-0.1, -0.05) is 66.9 Å². The lowest BCUT2D eigenvalue weighted by atomic mass is 9.74. The van der Waals surface area contributed by atoms with Crippen LogP contribution >= 0.6 is 0 Å². The summed E-state index contributed by atoms with van der Waals surface area (Å²) in [5.74, 6) is 0.646. The summed E-state index contributed by atoms with van der Waals surface area (Å²) in [5, 5.41) is 8.29. The molecule has 2 heteroatoms. The van der Waals surface area contributed by atoms with E-state index in [1.807, 2.05) is 0 Å². The van der Waals surface area contributed by atoms with Crippen LogP contribution in [0.1, 0.15) is 65.6 Å². The fraction of sp³-hybridized carbons (Fsp3) is 0.357. The maximum absolute atomic E-state index is 4.09. The molecule has 30 heavy (non-hydrogen) atoms. The Morgan fingerprint density at radius 1 is 0.900 bits per heavy atom. The van der Waals surface area contributed by atoms with E-state index in [1.165, 1.54) is 69.7 Å². The van der Waals surface area contributed by atoms with Crippen LogP contribution in [0.2, 0.25) is 0 Å². The van der Waals surface area contributed by atoms with Crippen LogP contribution in [0.5, 0.6) is 0 Å². The van der Waals surface area contributed by atoms with E-state index >= 15 is 0 Å². The van der Waals surface area contributed by atoms with E-state index in [9.17, 15) is 0 Å². The molecule has 0 bridgehead atoms. The van der Waals surface area contributed by atoms with Crippen molar-refractivity contribution < 1.29 is 0 Å². The summed E-state index contributed by atoms with van der Waals surface area (Å²) in [5.41, 5.74) is 8.59. The molecule has 3 atom stereocenters. The molecule has 0 radical (unpaired) electrons. The summed E-state index contributed by atoms with van der Waals surface area (Å²) < 4.78 is 0. The molecule has 1 aromatic heterocycles. The number of aryl methyl sites for hydroxylation is 2. The second-order valence-electron chi connectivity index (χ2n) is 9.52. The van der Waals surface area contributed by atoms with Crippen LogP contribution < -0.4 is 5.32 Å². The van der Waals surface area contributed by atoms with Crippen LogP contribution in [-0.4, -0.2) is 11.0 Å². The molecule has 2 heterocycles. The number of rotatable bonds is 2. The van der Waals surface area contributed by atoms with Gasteiger partial charge in [-0.3, -0.25) is 0 Å². The van der Waals surface area contributed by atoms with E-state index in [0.717, 1.165) is 6.42 Å². The van der Waals surface area contributed by atoms with Gasteiger partial charge in [-0.15, -0.1) is 0 Å². The Kier molecular flexibility index (Phi) is 4.24. The Hall–Kier alpha value is -2.58. The first-order chi connectivity index (χ1) is 14.7. The van der Waals surface area contributed by atoms with Crippen LogP contribution in [0.15, 0.2) is 54.6 Å². The van der Waals surface area contributed by atoms with Gasteiger partial charge in [0.1, 0.15) is 0 Å². The Balaban J connectivity index is 1.51. The van der Waals surface area contributed by atoms with Gasteiger partial charge in [-0.25, -0.2) is 0 Å². The van der Waals surface area contributed by atoms with Crippen molar-refractivity contribution in [2.24, 2.45) is 0 Å². The average Bonchev–Trinajstić information content (AvgIpc) is 3.15. The maximum atomic E-state index is 4.09. The minimum Gasteiger partial charge on any atom is -0.357 e. The van der Waals surface area contributed by atoms with Crippen molar-refractivity contribution in [1.82, 2.24) is 10.3 Å². The fourth-order valence-corrected chi connectivity index (χ4v) is 6.24. The molecule has 0 spiro atoms. The topological polar surface area (TPSA) is 27.8 Å². The molecular weight excluding hydrogens is 364 g/mol. The van der Waals surface area contributed by atoms with Crippen molar-refractivity contribution in [1.29, 1.82) is 0 Å². The van der Waals surface area contributed by atoms with Gasteiger partial charge in [0.25, 0.3) is 0 Å². The summed E-state index contributed by atoms with van der Waals surface area (Å²) in [6.45, 7) is 4.49. The molecule has 3 aromatic carbocycles. The number of H-pyrrole nitrogens is 1. The summed E-state index contributed by atoms with van der Waals surface area (Å²) >= 11 is 0. The highest BCUT2D eigenvalue weighted by Crippen LogP contribution is 2.46. The maximum Gasteiger partial charge on any atom is 0.0519 e.